The van der Waals surface area contributed by atoms with Crippen LogP contribution in [0.2, 0.25) is 0 Å². The van der Waals surface area contributed by atoms with E-state index in [1.807, 2.05) is 0 Å². The summed E-state index contributed by atoms with van der Waals surface area (Å²) in [5.74, 6) is -1.04. The molecule has 0 heterocycles. The van der Waals surface area contributed by atoms with Crippen LogP contribution in [0.4, 0.5) is 43.4 Å². The van der Waals surface area contributed by atoms with Crippen LogP contribution < -0.4 is 4.74 Å². The quantitative estimate of drug-likeness (QED) is 0.131. The summed E-state index contributed by atoms with van der Waals surface area (Å²) in [4.78, 5) is 26.3. The normalized spacial score (nSPS) is 16.3. The Labute approximate surface area is 233 Å². The van der Waals surface area contributed by atoms with E-state index in [-0.39, 0.29) is 34.5 Å². The summed E-state index contributed by atoms with van der Waals surface area (Å²) in [6.45, 7) is 0. The predicted molar refractivity (Wildman–Crippen MR) is 139 cm³/mol. The lowest BCUT2D eigenvalue weighted by Gasteiger charge is -2.24. The fourth-order valence-electron chi connectivity index (χ4n) is 5.70. The number of alkyl halides is 6. The van der Waals surface area contributed by atoms with Crippen molar-refractivity contribution in [1.29, 1.82) is 0 Å². The van der Waals surface area contributed by atoms with Gasteiger partial charge in [-0.05, 0) is 47.6 Å². The molecule has 5 rings (SSSR count). The van der Waals surface area contributed by atoms with Crippen molar-refractivity contribution in [2.75, 3.05) is 7.11 Å². The van der Waals surface area contributed by atoms with Gasteiger partial charge in [0.1, 0.15) is 5.75 Å². The summed E-state index contributed by atoms with van der Waals surface area (Å²) in [6.07, 6.45) is -6.37. The lowest BCUT2D eigenvalue weighted by atomic mass is 9.80. The van der Waals surface area contributed by atoms with Gasteiger partial charge in [0.05, 0.1) is 39.5 Å². The first-order valence-electron chi connectivity index (χ1n) is 12.8. The number of benzene rings is 3. The first-order valence-corrected chi connectivity index (χ1v) is 12.8. The van der Waals surface area contributed by atoms with Crippen molar-refractivity contribution in [2.24, 2.45) is 4.99 Å². The van der Waals surface area contributed by atoms with E-state index in [4.69, 9.17) is 4.74 Å². The molecule has 42 heavy (non-hydrogen) atoms. The molecule has 1 saturated carbocycles. The van der Waals surface area contributed by atoms with Crippen LogP contribution in [0.25, 0.3) is 11.1 Å². The average Bonchev–Trinajstić information content (AvgIpc) is 3.24. The molecule has 8 nitrogen and oxygen atoms in total. The second-order valence-corrected chi connectivity index (χ2v) is 10.1. The summed E-state index contributed by atoms with van der Waals surface area (Å²) in [5, 5.41) is 23.5. The monoisotopic (exact) mass is 593 g/mol. The second kappa shape index (κ2) is 10.4. The van der Waals surface area contributed by atoms with Crippen LogP contribution in [0, 0.1) is 20.2 Å². The summed E-state index contributed by atoms with van der Waals surface area (Å²) >= 11 is 0. The maximum Gasteiger partial charge on any atom is 0.419 e. The van der Waals surface area contributed by atoms with Crippen molar-refractivity contribution >= 4 is 22.8 Å². The number of hydrogen-bond acceptors (Lipinski definition) is 6. The van der Waals surface area contributed by atoms with Gasteiger partial charge in [0, 0.05) is 41.5 Å². The van der Waals surface area contributed by atoms with Crippen LogP contribution >= 0.6 is 0 Å². The molecule has 0 aliphatic heterocycles. The summed E-state index contributed by atoms with van der Waals surface area (Å²) < 4.78 is 87.8. The fourth-order valence-corrected chi connectivity index (χ4v) is 5.70. The highest BCUT2D eigenvalue weighted by Gasteiger charge is 2.42. The number of halogens is 6. The van der Waals surface area contributed by atoms with E-state index in [1.165, 1.54) is 18.2 Å². The van der Waals surface area contributed by atoms with Gasteiger partial charge in [-0.25, -0.2) is 4.99 Å². The van der Waals surface area contributed by atoms with Crippen molar-refractivity contribution in [3.8, 4) is 16.9 Å². The Kier molecular flexibility index (Phi) is 7.19. The van der Waals surface area contributed by atoms with Gasteiger partial charge in [0.25, 0.3) is 11.4 Å². The summed E-state index contributed by atoms with van der Waals surface area (Å²) in [6, 6.07) is 6.63. The highest BCUT2D eigenvalue weighted by atomic mass is 19.4. The zero-order chi connectivity index (χ0) is 30.6. The van der Waals surface area contributed by atoms with Gasteiger partial charge in [-0.3, -0.25) is 20.2 Å². The van der Waals surface area contributed by atoms with E-state index in [0.717, 1.165) is 38.5 Å². The third-order valence-electron chi connectivity index (χ3n) is 7.56. The van der Waals surface area contributed by atoms with E-state index in [0.29, 0.717) is 35.6 Å². The number of rotatable bonds is 5. The maximum atomic E-state index is 14.1. The van der Waals surface area contributed by atoms with Gasteiger partial charge in [-0.2, -0.15) is 26.3 Å². The maximum absolute atomic E-state index is 14.1. The molecule has 2 aliphatic rings. The largest absolute Gasteiger partial charge is 0.496 e. The third kappa shape index (κ3) is 5.16. The van der Waals surface area contributed by atoms with Crippen molar-refractivity contribution in [3.05, 3.63) is 90.5 Å². The summed E-state index contributed by atoms with van der Waals surface area (Å²) in [5.41, 5.74) is -3.89. The minimum absolute atomic E-state index is 0.0312. The van der Waals surface area contributed by atoms with Crippen LogP contribution in [0.3, 0.4) is 0 Å². The standard InChI is InChI=1S/C28H21F6N3O5/c1-42-24-13-23(21(27(29,30)31)12-22(24)28(32,33)34)35-26-19-9-15(36(38)39)7-8-17(19)25-18(14-5-3-2-4-6-14)10-16(37(40)41)11-20(25)26/h7-14H,2-6H2,1H3. The number of nitro groups is 2. The smallest absolute Gasteiger partial charge is 0.419 e. The van der Waals surface area contributed by atoms with Gasteiger partial charge < -0.3 is 4.74 Å². The zero-order valence-electron chi connectivity index (χ0n) is 21.8. The molecule has 220 valence electrons. The molecule has 2 aliphatic carbocycles. The van der Waals surface area contributed by atoms with Crippen molar-refractivity contribution in [1.82, 2.24) is 0 Å². The van der Waals surface area contributed by atoms with Crippen LogP contribution in [-0.2, 0) is 12.4 Å². The van der Waals surface area contributed by atoms with Crippen LogP contribution in [-0.4, -0.2) is 22.7 Å². The van der Waals surface area contributed by atoms with Crippen LogP contribution in [0.15, 0.2) is 47.5 Å². The molecule has 0 atom stereocenters. The Hall–Kier alpha value is -4.49. The first-order chi connectivity index (χ1) is 19.7. The van der Waals surface area contributed by atoms with Crippen molar-refractivity contribution < 1.29 is 40.9 Å². The minimum atomic E-state index is -5.28. The molecule has 0 saturated heterocycles. The molecule has 14 heteroatoms. The molecular weight excluding hydrogens is 572 g/mol. The van der Waals surface area contributed by atoms with Gasteiger partial charge in [0.15, 0.2) is 0 Å². The second-order valence-electron chi connectivity index (χ2n) is 10.1. The number of nitro benzene ring substituents is 2. The van der Waals surface area contributed by atoms with E-state index >= 15 is 0 Å². The number of aliphatic imine (C=N–C) groups is 1. The Balaban J connectivity index is 1.86. The van der Waals surface area contributed by atoms with E-state index in [9.17, 15) is 46.6 Å². The Morgan fingerprint density at radius 2 is 1.40 bits per heavy atom. The van der Waals surface area contributed by atoms with Crippen LogP contribution in [0.5, 0.6) is 5.75 Å². The molecular formula is C28H21F6N3O5. The topological polar surface area (TPSA) is 108 Å². The van der Waals surface area contributed by atoms with Gasteiger partial charge in [0.2, 0.25) is 0 Å². The predicted octanol–water partition coefficient (Wildman–Crippen LogP) is 8.75. The number of fused-ring (bicyclic) bond motifs is 3. The Morgan fingerprint density at radius 3 is 1.98 bits per heavy atom. The SMILES string of the molecule is COc1cc(N=C2c3cc([N+](=O)[O-])ccc3-c3c2cc([N+](=O)[O-])cc3C2CCCCC2)c(C(F)(F)F)cc1C(F)(F)F. The van der Waals surface area contributed by atoms with Gasteiger partial charge >= 0.3 is 12.4 Å². The highest BCUT2D eigenvalue weighted by Crippen LogP contribution is 2.50. The Morgan fingerprint density at radius 1 is 0.786 bits per heavy atom. The number of nitrogens with zero attached hydrogens (tertiary/aromatic N) is 3. The highest BCUT2D eigenvalue weighted by molar-refractivity contribution is 6.26. The number of non-ortho nitro benzene ring substituents is 2. The first kappa shape index (κ1) is 29.0. The molecule has 0 radical (unpaired) electrons. The minimum Gasteiger partial charge on any atom is -0.496 e. The average molecular weight is 593 g/mol. The summed E-state index contributed by atoms with van der Waals surface area (Å²) in [7, 11) is 0.859. The molecule has 0 aromatic heterocycles. The molecule has 0 bridgehead atoms. The van der Waals surface area contributed by atoms with Gasteiger partial charge in [-0.15, -0.1) is 0 Å². The van der Waals surface area contributed by atoms with Crippen molar-refractivity contribution in [2.45, 2.75) is 50.4 Å². The van der Waals surface area contributed by atoms with Crippen molar-refractivity contribution in [3.63, 3.8) is 0 Å². The van der Waals surface area contributed by atoms with Gasteiger partial charge in [-0.1, -0.05) is 19.3 Å². The number of hydrogen-bond donors (Lipinski definition) is 0. The van der Waals surface area contributed by atoms with Crippen LogP contribution in [0.1, 0.15) is 65.8 Å². The molecule has 0 amide bonds. The lowest BCUT2D eigenvalue weighted by Crippen LogP contribution is -2.13. The number of ether oxygens (including phenoxy) is 1. The fraction of sp³-hybridized carbons (Fsp3) is 0.321. The van der Waals surface area contributed by atoms with E-state index in [1.54, 1.807) is 0 Å². The molecule has 0 spiro atoms. The Bertz CT molecular complexity index is 1640. The van der Waals surface area contributed by atoms with E-state index < -0.39 is 50.5 Å². The molecule has 3 aromatic carbocycles. The third-order valence-corrected chi connectivity index (χ3v) is 7.56. The zero-order valence-corrected chi connectivity index (χ0v) is 21.8. The molecule has 0 unspecified atom stereocenters. The van der Waals surface area contributed by atoms with E-state index in [2.05, 4.69) is 4.99 Å². The molecule has 1 fully saturated rings. The lowest BCUT2D eigenvalue weighted by molar-refractivity contribution is -0.385. The number of methoxy groups -OCH3 is 1. The molecule has 3 aromatic rings. The molecule has 0 N–H and O–H groups in total.